The van der Waals surface area contributed by atoms with Crippen LogP contribution in [0, 0.1) is 20.8 Å². The average Bonchev–Trinajstić information content (AvgIpc) is 3.41. The van der Waals surface area contributed by atoms with Gasteiger partial charge in [-0.25, -0.2) is 4.79 Å². The number of amides is 3. The number of carboxylic acids is 1. The number of allylic oxidation sites excluding steroid dienone is 4. The fraction of sp³-hybridized carbons (Fsp3) is 0.146. The highest BCUT2D eigenvalue weighted by atomic mass is 32.2. The number of hydrogen-bond acceptors (Lipinski definition) is 5. The fourth-order valence-corrected chi connectivity index (χ4v) is 6.76. The van der Waals surface area contributed by atoms with Crippen molar-refractivity contribution in [3.05, 3.63) is 166 Å². The van der Waals surface area contributed by atoms with Crippen molar-refractivity contribution in [1.29, 1.82) is 0 Å². The molecule has 1 aliphatic rings. The standard InChI is InChI=1S/C41H38N4O5S/c1-6-8-20-32(7-2)45-39(48)34(24-31-23-26(3)44(28(31)5)35-22-15-21-33(27(35)4)40(49)50)38(47)43-41(45)51-25-36(46)42-37(29-16-11-9-12-17-29)30-18-13-10-14-19-30/h6-24,37H,1,25H2,2-5H3,(H,42,46)(H,49,50)/b20-8-,32-7+,34-24+. The van der Waals surface area contributed by atoms with E-state index in [4.69, 9.17) is 0 Å². The first-order valence-corrected chi connectivity index (χ1v) is 17.2. The summed E-state index contributed by atoms with van der Waals surface area (Å²) < 4.78 is 1.90. The first kappa shape index (κ1) is 36.3. The number of carbonyl (C=O) groups is 4. The van der Waals surface area contributed by atoms with Gasteiger partial charge in [0.05, 0.1) is 17.4 Å². The average molecular weight is 699 g/mol. The zero-order valence-electron chi connectivity index (χ0n) is 28.8. The minimum absolute atomic E-state index is 0.0710. The van der Waals surface area contributed by atoms with Gasteiger partial charge in [-0.15, -0.1) is 0 Å². The Bertz CT molecular complexity index is 2090. The van der Waals surface area contributed by atoms with Crippen LogP contribution in [0.4, 0.5) is 0 Å². The normalized spacial score (nSPS) is 14.4. The summed E-state index contributed by atoms with van der Waals surface area (Å²) in [4.78, 5) is 58.7. The highest BCUT2D eigenvalue weighted by molar-refractivity contribution is 8.14. The number of amidine groups is 1. The number of hydrogen-bond donors (Lipinski definition) is 2. The Morgan fingerprint density at radius 1 is 0.961 bits per heavy atom. The maximum Gasteiger partial charge on any atom is 0.336 e. The molecule has 0 bridgehead atoms. The highest BCUT2D eigenvalue weighted by Crippen LogP contribution is 2.30. The van der Waals surface area contributed by atoms with Gasteiger partial charge < -0.3 is 15.0 Å². The Balaban J connectivity index is 1.47. The lowest BCUT2D eigenvalue weighted by Crippen LogP contribution is -2.42. The van der Waals surface area contributed by atoms with Crippen molar-refractivity contribution < 1.29 is 24.3 Å². The second-order valence-electron chi connectivity index (χ2n) is 11.7. The number of nitrogens with zero attached hydrogens (tertiary/aromatic N) is 3. The molecule has 2 heterocycles. The summed E-state index contributed by atoms with van der Waals surface area (Å²) in [5, 5.41) is 12.8. The predicted molar refractivity (Wildman–Crippen MR) is 203 cm³/mol. The van der Waals surface area contributed by atoms with Crippen molar-refractivity contribution in [3.8, 4) is 5.69 Å². The van der Waals surface area contributed by atoms with E-state index in [1.54, 1.807) is 50.3 Å². The first-order valence-electron chi connectivity index (χ1n) is 16.2. The molecule has 258 valence electrons. The van der Waals surface area contributed by atoms with Gasteiger partial charge in [-0.05, 0) is 80.3 Å². The van der Waals surface area contributed by atoms with Gasteiger partial charge in [0.25, 0.3) is 11.8 Å². The van der Waals surface area contributed by atoms with Crippen LogP contribution in [0.2, 0.25) is 0 Å². The number of carboxylic acid groups (broad SMARTS) is 1. The Labute approximate surface area is 301 Å². The van der Waals surface area contributed by atoms with E-state index in [2.05, 4.69) is 16.9 Å². The number of rotatable bonds is 11. The number of nitrogens with one attached hydrogen (secondary N) is 1. The summed E-state index contributed by atoms with van der Waals surface area (Å²) in [6.45, 7) is 10.9. The van der Waals surface area contributed by atoms with Gasteiger partial charge in [-0.1, -0.05) is 103 Å². The van der Waals surface area contributed by atoms with E-state index >= 15 is 0 Å². The van der Waals surface area contributed by atoms with Gasteiger partial charge in [0.15, 0.2) is 5.17 Å². The molecule has 5 rings (SSSR count). The number of carbonyl (C=O) groups excluding carboxylic acids is 3. The molecule has 1 aliphatic heterocycles. The molecule has 1 aromatic heterocycles. The quantitative estimate of drug-likeness (QED) is 0.0952. The van der Waals surface area contributed by atoms with Crippen molar-refractivity contribution >= 4 is 46.7 Å². The number of aromatic nitrogens is 1. The van der Waals surface area contributed by atoms with E-state index in [-0.39, 0.29) is 28.0 Å². The van der Waals surface area contributed by atoms with Crippen LogP contribution in [0.3, 0.4) is 0 Å². The van der Waals surface area contributed by atoms with Crippen molar-refractivity contribution in [2.45, 2.75) is 33.7 Å². The van der Waals surface area contributed by atoms with E-state index in [1.165, 1.54) is 11.0 Å². The lowest BCUT2D eigenvalue weighted by molar-refractivity contribution is -0.126. The molecular weight excluding hydrogens is 661 g/mol. The molecule has 0 saturated carbocycles. The molecule has 10 heteroatoms. The van der Waals surface area contributed by atoms with Crippen LogP contribution in [-0.4, -0.2) is 49.2 Å². The van der Waals surface area contributed by atoms with Gasteiger partial charge in [0.2, 0.25) is 5.91 Å². The maximum absolute atomic E-state index is 14.2. The monoisotopic (exact) mass is 698 g/mol. The molecule has 0 saturated heterocycles. The van der Waals surface area contributed by atoms with Crippen LogP contribution in [0.1, 0.15) is 57.0 Å². The molecule has 0 unspecified atom stereocenters. The molecular formula is C41H38N4O5S. The number of aromatic carboxylic acids is 1. The van der Waals surface area contributed by atoms with Crippen molar-refractivity contribution in [1.82, 2.24) is 14.8 Å². The SMILES string of the molecule is C=C/C=C\C(=C/C)N1C(=O)/C(=C/c2cc(C)n(-c3cccc(C(=O)O)c3C)c2C)C(=O)N=C1SCC(=O)NC(c1ccccc1)c1ccccc1. The smallest absolute Gasteiger partial charge is 0.336 e. The molecule has 3 amide bonds. The molecule has 0 atom stereocenters. The van der Waals surface area contributed by atoms with E-state index in [0.29, 0.717) is 28.2 Å². The van der Waals surface area contributed by atoms with E-state index in [0.717, 1.165) is 28.6 Å². The first-order chi connectivity index (χ1) is 24.5. The lowest BCUT2D eigenvalue weighted by atomic mass is 9.99. The van der Waals surface area contributed by atoms with E-state index in [9.17, 15) is 24.3 Å². The molecule has 3 aromatic carbocycles. The Kier molecular flexibility index (Phi) is 11.5. The third kappa shape index (κ3) is 7.92. The summed E-state index contributed by atoms with van der Waals surface area (Å²) in [5.41, 5.74) is 5.67. The zero-order valence-corrected chi connectivity index (χ0v) is 29.6. The zero-order chi connectivity index (χ0) is 36.7. The Morgan fingerprint density at radius 2 is 1.61 bits per heavy atom. The summed E-state index contributed by atoms with van der Waals surface area (Å²) in [6.07, 6.45) is 8.15. The number of aliphatic imine (C=N–C) groups is 1. The van der Waals surface area contributed by atoms with Gasteiger partial charge in [0, 0.05) is 22.8 Å². The van der Waals surface area contributed by atoms with Crippen molar-refractivity contribution in [3.63, 3.8) is 0 Å². The van der Waals surface area contributed by atoms with Crippen LogP contribution in [0.15, 0.2) is 132 Å². The molecule has 0 fully saturated rings. The van der Waals surface area contributed by atoms with Crippen LogP contribution in [0.25, 0.3) is 11.8 Å². The highest BCUT2D eigenvalue weighted by Gasteiger charge is 2.35. The van der Waals surface area contributed by atoms with Gasteiger partial charge in [-0.2, -0.15) is 4.99 Å². The number of thioether (sulfide) groups is 1. The van der Waals surface area contributed by atoms with E-state index < -0.39 is 23.8 Å². The Morgan fingerprint density at radius 3 is 2.20 bits per heavy atom. The maximum atomic E-state index is 14.2. The van der Waals surface area contributed by atoms with Crippen molar-refractivity contribution in [2.75, 3.05) is 5.75 Å². The largest absolute Gasteiger partial charge is 0.478 e. The molecule has 0 radical (unpaired) electrons. The summed E-state index contributed by atoms with van der Waals surface area (Å²) in [5.74, 6) is -2.77. The van der Waals surface area contributed by atoms with Crippen LogP contribution in [0.5, 0.6) is 0 Å². The second-order valence-corrected chi connectivity index (χ2v) is 12.7. The van der Waals surface area contributed by atoms with Crippen molar-refractivity contribution in [2.24, 2.45) is 4.99 Å². The number of benzene rings is 3. The Hall–Kier alpha value is -6.00. The molecule has 51 heavy (non-hydrogen) atoms. The van der Waals surface area contributed by atoms with Crippen LogP contribution < -0.4 is 5.32 Å². The van der Waals surface area contributed by atoms with Gasteiger partial charge >= 0.3 is 5.97 Å². The molecule has 9 nitrogen and oxygen atoms in total. The molecule has 0 aliphatic carbocycles. The van der Waals surface area contributed by atoms with Gasteiger partial charge in [0.1, 0.15) is 5.57 Å². The van der Waals surface area contributed by atoms with Crippen LogP contribution in [-0.2, 0) is 14.4 Å². The number of aryl methyl sites for hydroxylation is 1. The van der Waals surface area contributed by atoms with Gasteiger partial charge in [-0.3, -0.25) is 19.3 Å². The fourth-order valence-electron chi connectivity index (χ4n) is 5.95. The third-order valence-electron chi connectivity index (χ3n) is 8.46. The minimum atomic E-state index is -1.03. The lowest BCUT2D eigenvalue weighted by Gasteiger charge is -2.28. The molecule has 2 N–H and O–H groups in total. The van der Waals surface area contributed by atoms with E-state index in [1.807, 2.05) is 91.2 Å². The molecule has 4 aromatic rings. The molecule has 0 spiro atoms. The third-order valence-corrected chi connectivity index (χ3v) is 9.40. The van der Waals surface area contributed by atoms with Crippen LogP contribution >= 0.6 is 11.8 Å². The predicted octanol–water partition coefficient (Wildman–Crippen LogP) is 7.49. The second kappa shape index (κ2) is 16.1. The minimum Gasteiger partial charge on any atom is -0.478 e. The summed E-state index contributed by atoms with van der Waals surface area (Å²) >= 11 is 0.994. The topological polar surface area (TPSA) is 121 Å². The summed E-state index contributed by atoms with van der Waals surface area (Å²) in [7, 11) is 0. The summed E-state index contributed by atoms with van der Waals surface area (Å²) in [6, 6.07) is 25.7.